The smallest absolute Gasteiger partial charge is 0.310 e. The summed E-state index contributed by atoms with van der Waals surface area (Å²) in [4.78, 5) is 10.8. The number of rotatable bonds is 8. The maximum Gasteiger partial charge on any atom is 0.310 e. The summed E-state index contributed by atoms with van der Waals surface area (Å²) in [6, 6.07) is 19.7. The predicted octanol–water partition coefficient (Wildman–Crippen LogP) is 4.39. The van der Waals surface area contributed by atoms with E-state index in [0.717, 1.165) is 11.1 Å². The van der Waals surface area contributed by atoms with Gasteiger partial charge in [0, 0.05) is 6.07 Å². The Balaban J connectivity index is 1.75. The topological polar surface area (TPSA) is 95.7 Å². The molecule has 3 rings (SSSR count). The standard InChI is InChI=1S/C21H19NO6S/c1-16-7-10-19(11-8-16)29(25,26)28-15-18-9-12-20(22(23)24)21(13-18)27-14-17-5-3-2-4-6-17/h2-13H,14-15H2,1H3. The largest absolute Gasteiger partial charge is 0.482 e. The van der Waals surface area contributed by atoms with Gasteiger partial charge in [-0.2, -0.15) is 8.42 Å². The van der Waals surface area contributed by atoms with Crippen LogP contribution >= 0.6 is 0 Å². The number of hydrogen-bond donors (Lipinski definition) is 0. The van der Waals surface area contributed by atoms with Gasteiger partial charge in [0.2, 0.25) is 0 Å². The van der Waals surface area contributed by atoms with Crippen LogP contribution in [0.4, 0.5) is 5.69 Å². The fraction of sp³-hybridized carbons (Fsp3) is 0.143. The minimum atomic E-state index is -3.94. The van der Waals surface area contributed by atoms with Gasteiger partial charge in [0.1, 0.15) is 6.61 Å². The van der Waals surface area contributed by atoms with Crippen LogP contribution in [0, 0.1) is 17.0 Å². The molecule has 7 nitrogen and oxygen atoms in total. The lowest BCUT2D eigenvalue weighted by molar-refractivity contribution is -0.386. The fourth-order valence-electron chi connectivity index (χ4n) is 2.57. The average molecular weight is 413 g/mol. The van der Waals surface area contributed by atoms with Gasteiger partial charge in [0.25, 0.3) is 10.1 Å². The molecule has 0 N–H and O–H groups in total. The van der Waals surface area contributed by atoms with Gasteiger partial charge >= 0.3 is 5.69 Å². The summed E-state index contributed by atoms with van der Waals surface area (Å²) in [6.07, 6.45) is 0. The van der Waals surface area contributed by atoms with E-state index in [-0.39, 0.29) is 29.5 Å². The highest BCUT2D eigenvalue weighted by Gasteiger charge is 2.19. The fourth-order valence-corrected chi connectivity index (χ4v) is 3.47. The molecule has 0 bridgehead atoms. The zero-order valence-corrected chi connectivity index (χ0v) is 16.5. The molecule has 0 radical (unpaired) electrons. The van der Waals surface area contributed by atoms with Crippen LogP contribution in [0.25, 0.3) is 0 Å². The van der Waals surface area contributed by atoms with Gasteiger partial charge < -0.3 is 4.74 Å². The lowest BCUT2D eigenvalue weighted by Gasteiger charge is -2.10. The Labute approximate surface area is 168 Å². The quantitative estimate of drug-likeness (QED) is 0.309. The van der Waals surface area contributed by atoms with Crippen LogP contribution < -0.4 is 4.74 Å². The van der Waals surface area contributed by atoms with Gasteiger partial charge in [-0.05, 0) is 42.3 Å². The first-order valence-corrected chi connectivity index (χ1v) is 10.2. The van der Waals surface area contributed by atoms with Crippen LogP contribution in [-0.2, 0) is 27.5 Å². The molecule has 8 heteroatoms. The van der Waals surface area contributed by atoms with E-state index in [4.69, 9.17) is 8.92 Å². The maximum absolute atomic E-state index is 12.3. The first-order valence-electron chi connectivity index (χ1n) is 8.75. The SMILES string of the molecule is Cc1ccc(S(=O)(=O)OCc2ccc([N+](=O)[O-])c(OCc3ccccc3)c2)cc1. The number of nitro benzene ring substituents is 1. The second-order valence-corrected chi connectivity index (χ2v) is 7.98. The van der Waals surface area contributed by atoms with Gasteiger partial charge in [-0.3, -0.25) is 14.3 Å². The van der Waals surface area contributed by atoms with E-state index in [1.165, 1.54) is 30.3 Å². The van der Waals surface area contributed by atoms with Gasteiger partial charge in [-0.25, -0.2) is 0 Å². The van der Waals surface area contributed by atoms with Crippen molar-refractivity contribution in [1.29, 1.82) is 0 Å². The molecule has 150 valence electrons. The van der Waals surface area contributed by atoms with Crippen molar-refractivity contribution in [3.63, 3.8) is 0 Å². The molecule has 29 heavy (non-hydrogen) atoms. The zero-order valence-electron chi connectivity index (χ0n) is 15.6. The highest BCUT2D eigenvalue weighted by Crippen LogP contribution is 2.29. The molecular weight excluding hydrogens is 394 g/mol. The second kappa shape index (κ2) is 8.85. The van der Waals surface area contributed by atoms with E-state index in [9.17, 15) is 18.5 Å². The van der Waals surface area contributed by atoms with E-state index >= 15 is 0 Å². The van der Waals surface area contributed by atoms with Crippen LogP contribution in [-0.4, -0.2) is 13.3 Å². The Bertz CT molecular complexity index is 1100. The first kappa shape index (κ1) is 20.5. The van der Waals surface area contributed by atoms with Crippen molar-refractivity contribution >= 4 is 15.8 Å². The van der Waals surface area contributed by atoms with E-state index in [0.29, 0.717) is 5.56 Å². The number of nitro groups is 1. The van der Waals surface area contributed by atoms with Crippen molar-refractivity contribution in [3.8, 4) is 5.75 Å². The number of aryl methyl sites for hydroxylation is 1. The third-order valence-corrected chi connectivity index (χ3v) is 5.43. The van der Waals surface area contributed by atoms with Crippen molar-refractivity contribution in [1.82, 2.24) is 0 Å². The molecule has 0 amide bonds. The predicted molar refractivity (Wildman–Crippen MR) is 107 cm³/mol. The molecule has 0 saturated carbocycles. The Morgan fingerprint density at radius 1 is 0.897 bits per heavy atom. The summed E-state index contributed by atoms with van der Waals surface area (Å²) in [5, 5.41) is 11.3. The van der Waals surface area contributed by atoms with E-state index in [2.05, 4.69) is 0 Å². The number of hydrogen-bond acceptors (Lipinski definition) is 6. The second-order valence-electron chi connectivity index (χ2n) is 6.36. The molecule has 0 aliphatic carbocycles. The number of benzene rings is 3. The lowest BCUT2D eigenvalue weighted by atomic mass is 10.2. The van der Waals surface area contributed by atoms with Crippen molar-refractivity contribution in [3.05, 3.63) is 99.6 Å². The molecule has 3 aromatic carbocycles. The third-order valence-electron chi connectivity index (χ3n) is 4.15. The molecular formula is C21H19NO6S. The van der Waals surface area contributed by atoms with Crippen LogP contribution in [0.15, 0.2) is 77.7 Å². The van der Waals surface area contributed by atoms with Gasteiger partial charge in [0.15, 0.2) is 5.75 Å². The molecule has 0 saturated heterocycles. The molecule has 0 unspecified atom stereocenters. The number of nitrogens with zero attached hydrogens (tertiary/aromatic N) is 1. The molecule has 0 aromatic heterocycles. The number of ether oxygens (including phenoxy) is 1. The van der Waals surface area contributed by atoms with Crippen LogP contribution in [0.2, 0.25) is 0 Å². The summed E-state index contributed by atoms with van der Waals surface area (Å²) in [5.74, 6) is 0.0488. The van der Waals surface area contributed by atoms with E-state index < -0.39 is 15.0 Å². The average Bonchev–Trinajstić information content (AvgIpc) is 2.72. The van der Waals surface area contributed by atoms with Crippen LogP contribution in [0.1, 0.15) is 16.7 Å². The summed E-state index contributed by atoms with van der Waals surface area (Å²) < 4.78 is 35.4. The molecule has 0 fully saturated rings. The van der Waals surface area contributed by atoms with Crippen molar-refractivity contribution in [2.75, 3.05) is 0 Å². The van der Waals surface area contributed by atoms with Crippen molar-refractivity contribution in [2.45, 2.75) is 25.0 Å². The van der Waals surface area contributed by atoms with Crippen LogP contribution in [0.5, 0.6) is 5.75 Å². The van der Waals surface area contributed by atoms with Gasteiger partial charge in [0.05, 0.1) is 16.4 Å². The molecule has 0 aliphatic rings. The van der Waals surface area contributed by atoms with Crippen molar-refractivity contribution < 1.29 is 22.3 Å². The van der Waals surface area contributed by atoms with Gasteiger partial charge in [-0.1, -0.05) is 48.0 Å². The molecule has 0 heterocycles. The molecule has 0 aliphatic heterocycles. The summed E-state index contributed by atoms with van der Waals surface area (Å²) >= 11 is 0. The summed E-state index contributed by atoms with van der Waals surface area (Å²) in [7, 11) is -3.94. The minimum absolute atomic E-state index is 0.0468. The highest BCUT2D eigenvalue weighted by molar-refractivity contribution is 7.86. The summed E-state index contributed by atoms with van der Waals surface area (Å²) in [5.41, 5.74) is 2.02. The van der Waals surface area contributed by atoms with Gasteiger partial charge in [-0.15, -0.1) is 0 Å². The Kier molecular flexibility index (Phi) is 6.26. The zero-order chi connectivity index (χ0) is 20.9. The lowest BCUT2D eigenvalue weighted by Crippen LogP contribution is -2.07. The minimum Gasteiger partial charge on any atom is -0.482 e. The highest BCUT2D eigenvalue weighted by atomic mass is 32.2. The van der Waals surface area contributed by atoms with E-state index in [1.54, 1.807) is 12.1 Å². The van der Waals surface area contributed by atoms with E-state index in [1.807, 2.05) is 37.3 Å². The monoisotopic (exact) mass is 413 g/mol. The van der Waals surface area contributed by atoms with Crippen molar-refractivity contribution in [2.24, 2.45) is 0 Å². The Morgan fingerprint density at radius 3 is 2.24 bits per heavy atom. The molecule has 0 atom stereocenters. The Hall–Kier alpha value is -3.23. The molecule has 0 spiro atoms. The summed E-state index contributed by atoms with van der Waals surface area (Å²) in [6.45, 7) is 1.73. The van der Waals surface area contributed by atoms with Crippen LogP contribution in [0.3, 0.4) is 0 Å². The molecule has 3 aromatic rings. The maximum atomic E-state index is 12.3. The normalized spacial score (nSPS) is 11.2. The first-order chi connectivity index (χ1) is 13.8. The Morgan fingerprint density at radius 2 is 1.59 bits per heavy atom. The third kappa shape index (κ3) is 5.40.